The van der Waals surface area contributed by atoms with Crippen LogP contribution >= 0.6 is 15.9 Å². The fraction of sp³-hybridized carbons (Fsp3) is 0.316. The van der Waals surface area contributed by atoms with Crippen LogP contribution < -0.4 is 19.7 Å². The van der Waals surface area contributed by atoms with Gasteiger partial charge in [-0.1, -0.05) is 22.0 Å². The predicted octanol–water partition coefficient (Wildman–Crippen LogP) is 2.51. The molecule has 0 aliphatic rings. The van der Waals surface area contributed by atoms with Gasteiger partial charge >= 0.3 is 0 Å². The molecule has 0 heterocycles. The minimum absolute atomic E-state index is 0.0286. The van der Waals surface area contributed by atoms with Crippen LogP contribution in [0.5, 0.6) is 11.5 Å². The number of carbonyl (C=O) groups excluding carboxylic acids is 1. The van der Waals surface area contributed by atoms with E-state index in [4.69, 9.17) is 9.47 Å². The molecule has 0 saturated carbocycles. The molecular weight excluding hydrogens is 384 g/mol. The van der Waals surface area contributed by atoms with Crippen LogP contribution in [0.2, 0.25) is 0 Å². The van der Waals surface area contributed by atoms with Crippen LogP contribution in [0.25, 0.3) is 0 Å². The fourth-order valence-electron chi connectivity index (χ4n) is 2.60. The number of ether oxygens (including phenoxy) is 2. The number of amides is 1. The molecule has 0 radical (unpaired) electrons. The molecule has 1 unspecified atom stereocenters. The summed E-state index contributed by atoms with van der Waals surface area (Å²) in [5.41, 5.74) is 1.81. The number of benzene rings is 2. The maximum atomic E-state index is 12.4. The first-order valence-electron chi connectivity index (χ1n) is 8.15. The fourth-order valence-corrected chi connectivity index (χ4v) is 3.01. The van der Waals surface area contributed by atoms with Crippen LogP contribution in [-0.2, 0) is 11.3 Å². The topological polar surface area (TPSA) is 52.0 Å². The summed E-state index contributed by atoms with van der Waals surface area (Å²) in [5.74, 6) is 1.53. The monoisotopic (exact) mass is 407 g/mol. The summed E-state index contributed by atoms with van der Waals surface area (Å²) >= 11 is 3.49. The number of carbonyl (C=O) groups is 1. The largest absolute Gasteiger partial charge is 0.497 e. The molecule has 5 nitrogen and oxygen atoms in total. The van der Waals surface area contributed by atoms with E-state index in [1.54, 1.807) is 20.3 Å². The summed E-state index contributed by atoms with van der Waals surface area (Å²) in [6.07, 6.45) is 0. The molecule has 0 aliphatic carbocycles. The Labute approximate surface area is 157 Å². The van der Waals surface area contributed by atoms with Gasteiger partial charge in [0.05, 0.1) is 20.8 Å². The summed E-state index contributed by atoms with van der Waals surface area (Å²) in [7, 11) is 3.27. The second-order valence-electron chi connectivity index (χ2n) is 5.69. The number of quaternary nitrogens is 1. The molecule has 0 fully saturated rings. The molecule has 2 aromatic carbocycles. The highest BCUT2D eigenvalue weighted by Gasteiger charge is 2.16. The zero-order valence-corrected chi connectivity index (χ0v) is 16.4. The molecule has 0 aromatic heterocycles. The lowest BCUT2D eigenvalue weighted by atomic mass is 10.2. The molecule has 1 amide bonds. The molecule has 0 saturated heterocycles. The quantitative estimate of drug-likeness (QED) is 0.706. The summed E-state index contributed by atoms with van der Waals surface area (Å²) in [6, 6.07) is 13.3. The van der Waals surface area contributed by atoms with E-state index in [1.807, 2.05) is 36.4 Å². The van der Waals surface area contributed by atoms with Gasteiger partial charge in [0, 0.05) is 21.8 Å². The van der Waals surface area contributed by atoms with Gasteiger partial charge in [0.1, 0.15) is 18.0 Å². The molecule has 0 spiro atoms. The Morgan fingerprint density at radius 1 is 1.16 bits per heavy atom. The van der Waals surface area contributed by atoms with E-state index >= 15 is 0 Å². The van der Waals surface area contributed by atoms with Crippen LogP contribution in [0.15, 0.2) is 46.9 Å². The predicted molar refractivity (Wildman–Crippen MR) is 102 cm³/mol. The normalized spacial score (nSPS) is 11.7. The zero-order valence-electron chi connectivity index (χ0n) is 14.8. The van der Waals surface area contributed by atoms with Crippen molar-refractivity contribution in [2.24, 2.45) is 0 Å². The zero-order chi connectivity index (χ0) is 18.2. The van der Waals surface area contributed by atoms with Crippen molar-refractivity contribution >= 4 is 27.5 Å². The molecule has 0 aliphatic heterocycles. The third kappa shape index (κ3) is 5.76. The van der Waals surface area contributed by atoms with Gasteiger partial charge in [-0.3, -0.25) is 4.79 Å². The highest BCUT2D eigenvalue weighted by molar-refractivity contribution is 9.10. The third-order valence-electron chi connectivity index (χ3n) is 3.95. The Hall–Kier alpha value is -2.05. The van der Waals surface area contributed by atoms with Crippen molar-refractivity contribution in [1.29, 1.82) is 0 Å². The van der Waals surface area contributed by atoms with Gasteiger partial charge < -0.3 is 19.7 Å². The van der Waals surface area contributed by atoms with Crippen LogP contribution in [0.3, 0.4) is 0 Å². The lowest BCUT2D eigenvalue weighted by molar-refractivity contribution is -0.903. The van der Waals surface area contributed by atoms with E-state index in [-0.39, 0.29) is 5.91 Å². The Balaban J connectivity index is 2.01. The SMILES string of the molecule is CC[NH+](CC(=O)Nc1cccc(OC)c1)Cc1cc(Br)ccc1OC. The van der Waals surface area contributed by atoms with Crippen LogP contribution in [0, 0.1) is 0 Å². The van der Waals surface area contributed by atoms with Crippen molar-refractivity contribution in [3.63, 3.8) is 0 Å². The molecule has 2 rings (SSSR count). The van der Waals surface area contributed by atoms with Crippen LogP contribution in [-0.4, -0.2) is 33.2 Å². The maximum Gasteiger partial charge on any atom is 0.279 e. The van der Waals surface area contributed by atoms with Crippen molar-refractivity contribution in [3.05, 3.63) is 52.5 Å². The van der Waals surface area contributed by atoms with Crippen molar-refractivity contribution < 1.29 is 19.2 Å². The van der Waals surface area contributed by atoms with Crippen molar-refractivity contribution in [1.82, 2.24) is 0 Å². The van der Waals surface area contributed by atoms with Crippen molar-refractivity contribution in [2.75, 3.05) is 32.6 Å². The maximum absolute atomic E-state index is 12.4. The van der Waals surface area contributed by atoms with Gasteiger partial charge in [0.25, 0.3) is 5.91 Å². The van der Waals surface area contributed by atoms with E-state index in [9.17, 15) is 4.79 Å². The van der Waals surface area contributed by atoms with Crippen LogP contribution in [0.4, 0.5) is 5.69 Å². The van der Waals surface area contributed by atoms with Crippen LogP contribution in [0.1, 0.15) is 12.5 Å². The van der Waals surface area contributed by atoms with E-state index in [2.05, 4.69) is 28.2 Å². The first-order chi connectivity index (χ1) is 12.0. The van der Waals surface area contributed by atoms with Crippen molar-refractivity contribution in [3.8, 4) is 11.5 Å². The molecule has 25 heavy (non-hydrogen) atoms. The third-order valence-corrected chi connectivity index (χ3v) is 4.44. The first kappa shape index (κ1) is 19.3. The summed E-state index contributed by atoms with van der Waals surface area (Å²) in [5, 5.41) is 2.93. The standard InChI is InChI=1S/C19H23BrN2O3/c1-4-22(12-14-10-15(20)8-9-18(14)25-3)13-19(23)21-16-6-5-7-17(11-16)24-2/h5-11H,4,12-13H2,1-3H3,(H,21,23)/p+1. The highest BCUT2D eigenvalue weighted by atomic mass is 79.9. The minimum atomic E-state index is -0.0286. The van der Waals surface area contributed by atoms with Crippen molar-refractivity contribution in [2.45, 2.75) is 13.5 Å². The summed E-state index contributed by atoms with van der Waals surface area (Å²) < 4.78 is 11.6. The smallest absolute Gasteiger partial charge is 0.279 e. The second kappa shape index (κ2) is 9.44. The lowest BCUT2D eigenvalue weighted by Crippen LogP contribution is -3.11. The molecule has 1 atom stereocenters. The molecule has 6 heteroatoms. The average molecular weight is 408 g/mol. The van der Waals surface area contributed by atoms with E-state index in [0.717, 1.165) is 38.7 Å². The molecule has 134 valence electrons. The number of methoxy groups -OCH3 is 2. The Kier molecular flexibility index (Phi) is 7.28. The Morgan fingerprint density at radius 3 is 2.64 bits per heavy atom. The van der Waals surface area contributed by atoms with Gasteiger partial charge in [-0.05, 0) is 37.3 Å². The van der Waals surface area contributed by atoms with Gasteiger partial charge in [0.15, 0.2) is 6.54 Å². The average Bonchev–Trinajstić information content (AvgIpc) is 2.61. The lowest BCUT2D eigenvalue weighted by Gasteiger charge is -2.19. The summed E-state index contributed by atoms with van der Waals surface area (Å²) in [4.78, 5) is 13.5. The number of anilines is 1. The number of halogens is 1. The first-order valence-corrected chi connectivity index (χ1v) is 8.95. The molecular formula is C19H24BrN2O3+. The number of rotatable bonds is 8. The second-order valence-corrected chi connectivity index (χ2v) is 6.61. The number of hydrogen-bond donors (Lipinski definition) is 2. The van der Waals surface area contributed by atoms with E-state index in [1.165, 1.54) is 0 Å². The van der Waals surface area contributed by atoms with E-state index < -0.39 is 0 Å². The van der Waals surface area contributed by atoms with Gasteiger partial charge in [-0.2, -0.15) is 0 Å². The molecule has 2 N–H and O–H groups in total. The molecule has 0 bridgehead atoms. The number of nitrogens with one attached hydrogen (secondary N) is 2. The number of hydrogen-bond acceptors (Lipinski definition) is 3. The highest BCUT2D eigenvalue weighted by Crippen LogP contribution is 2.22. The van der Waals surface area contributed by atoms with Gasteiger partial charge in [-0.25, -0.2) is 0 Å². The van der Waals surface area contributed by atoms with Gasteiger partial charge in [-0.15, -0.1) is 0 Å². The van der Waals surface area contributed by atoms with Gasteiger partial charge in [0.2, 0.25) is 0 Å². The van der Waals surface area contributed by atoms with E-state index in [0.29, 0.717) is 13.1 Å². The Morgan fingerprint density at radius 2 is 1.96 bits per heavy atom. The minimum Gasteiger partial charge on any atom is -0.497 e. The Bertz CT molecular complexity index is 722. The number of likely N-dealkylation sites (N-methyl/N-ethyl adjacent to an activating group) is 1. The molecule has 2 aromatic rings. The summed E-state index contributed by atoms with van der Waals surface area (Å²) in [6.45, 7) is 3.99.